The fraction of sp³-hybridized carbons (Fsp3) is 0.148. The van der Waals surface area contributed by atoms with Crippen LogP contribution in [-0.2, 0) is 4.79 Å². The summed E-state index contributed by atoms with van der Waals surface area (Å²) in [5.41, 5.74) is 5.37. The van der Waals surface area contributed by atoms with Crippen molar-refractivity contribution in [3.8, 4) is 11.5 Å². The third-order valence-corrected chi connectivity index (χ3v) is 5.67. The Balaban J connectivity index is 1.83. The molecule has 0 fully saturated rings. The van der Waals surface area contributed by atoms with Gasteiger partial charge in [0.2, 0.25) is 0 Å². The highest BCUT2D eigenvalue weighted by Gasteiger charge is 2.15. The number of methoxy groups -OCH3 is 2. The molecule has 2 amide bonds. The number of rotatable bonds is 9. The summed E-state index contributed by atoms with van der Waals surface area (Å²) in [6, 6.07) is 19.7. The summed E-state index contributed by atoms with van der Waals surface area (Å²) in [6.07, 6.45) is 3.06. The zero-order valence-electron chi connectivity index (χ0n) is 20.4. The molecule has 0 radical (unpaired) electrons. The van der Waals surface area contributed by atoms with E-state index in [1.54, 1.807) is 49.6 Å². The molecule has 0 aliphatic heterocycles. The molecule has 0 saturated carbocycles. The molecular formula is C27H27BrN4O4. The van der Waals surface area contributed by atoms with Crippen LogP contribution in [0.2, 0.25) is 0 Å². The Bertz CT molecular complexity index is 1270. The van der Waals surface area contributed by atoms with Gasteiger partial charge in [0, 0.05) is 25.3 Å². The lowest BCUT2D eigenvalue weighted by Gasteiger charge is -2.13. The lowest BCUT2D eigenvalue weighted by Crippen LogP contribution is -2.32. The maximum absolute atomic E-state index is 13.0. The largest absolute Gasteiger partial charge is 0.493 e. The molecule has 9 heteroatoms. The minimum atomic E-state index is -0.577. The highest BCUT2D eigenvalue weighted by molar-refractivity contribution is 9.10. The molecule has 8 nitrogen and oxygen atoms in total. The van der Waals surface area contributed by atoms with Crippen LogP contribution in [0.5, 0.6) is 11.5 Å². The molecule has 0 aromatic heterocycles. The number of hydrazone groups is 1. The molecular weight excluding hydrogens is 524 g/mol. The minimum absolute atomic E-state index is 0.0482. The van der Waals surface area contributed by atoms with Gasteiger partial charge in [0.05, 0.1) is 24.9 Å². The van der Waals surface area contributed by atoms with E-state index in [2.05, 4.69) is 31.8 Å². The molecule has 0 aliphatic rings. The van der Waals surface area contributed by atoms with Gasteiger partial charge in [0.1, 0.15) is 5.70 Å². The van der Waals surface area contributed by atoms with Crippen LogP contribution in [0.15, 0.2) is 82.0 Å². The Morgan fingerprint density at radius 1 is 0.944 bits per heavy atom. The number of benzene rings is 3. The van der Waals surface area contributed by atoms with Crippen LogP contribution < -0.4 is 25.1 Å². The van der Waals surface area contributed by atoms with Crippen LogP contribution in [0.1, 0.15) is 21.5 Å². The number of hydrogen-bond donors (Lipinski definition) is 2. The monoisotopic (exact) mass is 550 g/mol. The van der Waals surface area contributed by atoms with E-state index in [4.69, 9.17) is 9.47 Å². The summed E-state index contributed by atoms with van der Waals surface area (Å²) in [5, 5.41) is 6.74. The lowest BCUT2D eigenvalue weighted by atomic mass is 10.1. The molecule has 0 unspecified atom stereocenters. The number of halogens is 1. The average molecular weight is 551 g/mol. The summed E-state index contributed by atoms with van der Waals surface area (Å²) in [7, 11) is 6.96. The van der Waals surface area contributed by atoms with Gasteiger partial charge in [-0.1, -0.05) is 30.3 Å². The van der Waals surface area contributed by atoms with E-state index in [1.165, 1.54) is 13.3 Å². The standard InChI is InChI=1S/C27H27BrN4O4/c1-32(2)21-12-10-18(11-13-21)15-23(30-26(33)20-8-6-5-7-9-20)27(34)31-29-17-19-14-22(28)25(36-4)24(16-19)35-3/h5-17H,1-4H3,(H,30,33)(H,31,34). The van der Waals surface area contributed by atoms with E-state index in [0.717, 1.165) is 11.3 Å². The molecule has 2 N–H and O–H groups in total. The minimum Gasteiger partial charge on any atom is -0.493 e. The Labute approximate surface area is 218 Å². The van der Waals surface area contributed by atoms with Gasteiger partial charge in [0.15, 0.2) is 11.5 Å². The Kier molecular flexibility index (Phi) is 9.24. The number of carbonyl (C=O) groups is 2. The van der Waals surface area contributed by atoms with E-state index >= 15 is 0 Å². The molecule has 3 aromatic carbocycles. The number of nitrogens with zero attached hydrogens (tertiary/aromatic N) is 2. The molecule has 186 valence electrons. The number of hydrogen-bond acceptors (Lipinski definition) is 6. The van der Waals surface area contributed by atoms with Gasteiger partial charge in [-0.2, -0.15) is 5.10 Å². The second kappa shape index (κ2) is 12.6. The van der Waals surface area contributed by atoms with Crippen molar-refractivity contribution in [2.24, 2.45) is 5.10 Å². The fourth-order valence-electron chi connectivity index (χ4n) is 3.22. The van der Waals surface area contributed by atoms with Crippen molar-refractivity contribution < 1.29 is 19.1 Å². The van der Waals surface area contributed by atoms with Crippen molar-refractivity contribution in [3.05, 3.63) is 93.6 Å². The van der Waals surface area contributed by atoms with Crippen molar-refractivity contribution >= 4 is 45.7 Å². The van der Waals surface area contributed by atoms with Gasteiger partial charge in [-0.05, 0) is 69.5 Å². The molecule has 0 spiro atoms. The van der Waals surface area contributed by atoms with E-state index in [9.17, 15) is 9.59 Å². The summed E-state index contributed by atoms with van der Waals surface area (Å²) in [4.78, 5) is 27.7. The Morgan fingerprint density at radius 2 is 1.64 bits per heavy atom. The van der Waals surface area contributed by atoms with Crippen LogP contribution >= 0.6 is 15.9 Å². The predicted molar refractivity (Wildman–Crippen MR) is 146 cm³/mol. The number of amides is 2. The first-order valence-electron chi connectivity index (χ1n) is 10.9. The van der Waals surface area contributed by atoms with Gasteiger partial charge in [-0.15, -0.1) is 0 Å². The topological polar surface area (TPSA) is 92.3 Å². The number of nitrogens with one attached hydrogen (secondary N) is 2. The lowest BCUT2D eigenvalue weighted by molar-refractivity contribution is -0.117. The first-order valence-corrected chi connectivity index (χ1v) is 11.7. The highest BCUT2D eigenvalue weighted by Crippen LogP contribution is 2.35. The molecule has 0 saturated heterocycles. The third-order valence-electron chi connectivity index (χ3n) is 5.08. The van der Waals surface area contributed by atoms with Crippen LogP contribution in [0.25, 0.3) is 6.08 Å². The number of anilines is 1. The van der Waals surface area contributed by atoms with Gasteiger partial charge in [-0.3, -0.25) is 9.59 Å². The first kappa shape index (κ1) is 26.5. The van der Waals surface area contributed by atoms with Gasteiger partial charge < -0.3 is 19.7 Å². The predicted octanol–water partition coefficient (Wildman–Crippen LogP) is 4.45. The van der Waals surface area contributed by atoms with E-state index < -0.39 is 11.8 Å². The van der Waals surface area contributed by atoms with Crippen molar-refractivity contribution in [1.29, 1.82) is 0 Å². The second-order valence-corrected chi connectivity index (χ2v) is 8.66. The van der Waals surface area contributed by atoms with Crippen LogP contribution in [0, 0.1) is 0 Å². The van der Waals surface area contributed by atoms with Crippen molar-refractivity contribution in [2.75, 3.05) is 33.2 Å². The molecule has 3 rings (SSSR count). The Morgan fingerprint density at radius 3 is 2.25 bits per heavy atom. The molecule has 0 atom stereocenters. The summed E-state index contributed by atoms with van der Waals surface area (Å²) in [6.45, 7) is 0. The van der Waals surface area contributed by atoms with E-state index in [1.807, 2.05) is 49.3 Å². The zero-order chi connectivity index (χ0) is 26.1. The average Bonchev–Trinajstić information content (AvgIpc) is 2.88. The third kappa shape index (κ3) is 6.96. The van der Waals surface area contributed by atoms with Gasteiger partial charge in [0.25, 0.3) is 11.8 Å². The number of carbonyl (C=O) groups excluding carboxylic acids is 2. The Hall–Kier alpha value is -4.11. The second-order valence-electron chi connectivity index (χ2n) is 7.80. The highest BCUT2D eigenvalue weighted by atomic mass is 79.9. The fourth-order valence-corrected chi connectivity index (χ4v) is 3.84. The first-order chi connectivity index (χ1) is 17.3. The van der Waals surface area contributed by atoms with Crippen molar-refractivity contribution in [3.63, 3.8) is 0 Å². The molecule has 0 aliphatic carbocycles. The van der Waals surface area contributed by atoms with Crippen LogP contribution in [0.4, 0.5) is 5.69 Å². The van der Waals surface area contributed by atoms with Crippen LogP contribution in [0.3, 0.4) is 0 Å². The summed E-state index contributed by atoms with van der Waals surface area (Å²) < 4.78 is 11.3. The SMILES string of the molecule is COc1cc(C=NNC(=O)C(=Cc2ccc(N(C)C)cc2)NC(=O)c2ccccc2)cc(Br)c1OC. The van der Waals surface area contributed by atoms with Crippen molar-refractivity contribution in [1.82, 2.24) is 10.7 Å². The maximum Gasteiger partial charge on any atom is 0.287 e. The maximum atomic E-state index is 13.0. The summed E-state index contributed by atoms with van der Waals surface area (Å²) in [5.74, 6) is 0.0748. The van der Waals surface area contributed by atoms with Crippen LogP contribution in [-0.4, -0.2) is 46.3 Å². The van der Waals surface area contributed by atoms with Gasteiger partial charge >= 0.3 is 0 Å². The smallest absolute Gasteiger partial charge is 0.287 e. The molecule has 0 bridgehead atoms. The van der Waals surface area contributed by atoms with E-state index in [0.29, 0.717) is 27.1 Å². The molecule has 0 heterocycles. The summed E-state index contributed by atoms with van der Waals surface area (Å²) >= 11 is 3.43. The molecule has 3 aromatic rings. The zero-order valence-corrected chi connectivity index (χ0v) is 22.0. The van der Waals surface area contributed by atoms with Crippen molar-refractivity contribution in [2.45, 2.75) is 0 Å². The number of ether oxygens (including phenoxy) is 2. The quantitative estimate of drug-likeness (QED) is 0.233. The molecule has 36 heavy (non-hydrogen) atoms. The van der Waals surface area contributed by atoms with Gasteiger partial charge in [-0.25, -0.2) is 5.43 Å². The van der Waals surface area contributed by atoms with E-state index in [-0.39, 0.29) is 5.70 Å². The normalized spacial score (nSPS) is 11.2.